The molecule has 6 heteroatoms. The Kier molecular flexibility index (Phi) is 5.16. The number of amidine groups is 1. The van der Waals surface area contributed by atoms with Crippen molar-refractivity contribution in [2.75, 3.05) is 18.1 Å². The second-order valence-electron chi connectivity index (χ2n) is 7.14. The Labute approximate surface area is 169 Å². The number of amides is 1. The molecule has 0 radical (unpaired) electrons. The fourth-order valence-corrected chi connectivity index (χ4v) is 3.69. The number of carbonyl (C=O) groups excluding carboxylic acids is 2. The summed E-state index contributed by atoms with van der Waals surface area (Å²) < 4.78 is 5.14. The SMILES string of the molecule is CCOC(=O)C1=Cc2cc(-c3ccc(N4CCCC4=O)cc3)ccc2N=C(N)C1. The third-order valence-electron chi connectivity index (χ3n) is 5.12. The van der Waals surface area contributed by atoms with Gasteiger partial charge in [0.15, 0.2) is 0 Å². The summed E-state index contributed by atoms with van der Waals surface area (Å²) in [6.07, 6.45) is 3.59. The largest absolute Gasteiger partial charge is 0.463 e. The van der Waals surface area contributed by atoms with E-state index in [-0.39, 0.29) is 18.3 Å². The molecule has 4 rings (SSSR count). The first-order chi connectivity index (χ1) is 14.0. The van der Waals surface area contributed by atoms with Crippen molar-refractivity contribution in [2.45, 2.75) is 26.2 Å². The molecule has 0 aliphatic carbocycles. The minimum Gasteiger partial charge on any atom is -0.463 e. The number of nitrogens with zero attached hydrogens (tertiary/aromatic N) is 2. The van der Waals surface area contributed by atoms with Crippen molar-refractivity contribution >= 4 is 35.2 Å². The molecule has 2 aromatic rings. The molecule has 2 N–H and O–H groups in total. The summed E-state index contributed by atoms with van der Waals surface area (Å²) in [5.41, 5.74) is 11.0. The van der Waals surface area contributed by atoms with E-state index in [9.17, 15) is 9.59 Å². The van der Waals surface area contributed by atoms with Crippen LogP contribution in [0.15, 0.2) is 53.0 Å². The van der Waals surface area contributed by atoms with E-state index >= 15 is 0 Å². The predicted molar refractivity (Wildman–Crippen MR) is 114 cm³/mol. The van der Waals surface area contributed by atoms with E-state index in [2.05, 4.69) is 4.99 Å². The highest BCUT2D eigenvalue weighted by atomic mass is 16.5. The number of esters is 1. The van der Waals surface area contributed by atoms with Crippen molar-refractivity contribution in [3.05, 3.63) is 53.6 Å². The van der Waals surface area contributed by atoms with Gasteiger partial charge >= 0.3 is 5.97 Å². The van der Waals surface area contributed by atoms with Crippen LogP contribution in [0.4, 0.5) is 11.4 Å². The lowest BCUT2D eigenvalue weighted by molar-refractivity contribution is -0.138. The van der Waals surface area contributed by atoms with Gasteiger partial charge in [0, 0.05) is 36.2 Å². The highest BCUT2D eigenvalue weighted by Gasteiger charge is 2.21. The normalized spacial score (nSPS) is 16.0. The van der Waals surface area contributed by atoms with Crippen LogP contribution in [0.3, 0.4) is 0 Å². The van der Waals surface area contributed by atoms with Gasteiger partial charge in [-0.25, -0.2) is 9.79 Å². The maximum absolute atomic E-state index is 12.2. The van der Waals surface area contributed by atoms with Gasteiger partial charge in [-0.2, -0.15) is 0 Å². The molecular formula is C23H23N3O3. The molecule has 2 aromatic carbocycles. The third-order valence-corrected chi connectivity index (χ3v) is 5.12. The lowest BCUT2D eigenvalue weighted by Gasteiger charge is -2.16. The van der Waals surface area contributed by atoms with Crippen LogP contribution < -0.4 is 10.6 Å². The van der Waals surface area contributed by atoms with Crippen molar-refractivity contribution in [3.63, 3.8) is 0 Å². The number of ether oxygens (including phenoxy) is 1. The highest BCUT2D eigenvalue weighted by Crippen LogP contribution is 2.32. The van der Waals surface area contributed by atoms with Gasteiger partial charge < -0.3 is 15.4 Å². The van der Waals surface area contributed by atoms with Crippen LogP contribution in [0, 0.1) is 0 Å². The van der Waals surface area contributed by atoms with E-state index in [4.69, 9.17) is 10.5 Å². The van der Waals surface area contributed by atoms with Crippen LogP contribution in [-0.4, -0.2) is 30.9 Å². The fraction of sp³-hybridized carbons (Fsp3) is 0.261. The molecule has 0 bridgehead atoms. The summed E-state index contributed by atoms with van der Waals surface area (Å²) in [5, 5.41) is 0. The Morgan fingerprint density at radius 3 is 2.62 bits per heavy atom. The molecular weight excluding hydrogens is 366 g/mol. The first-order valence-corrected chi connectivity index (χ1v) is 9.80. The van der Waals surface area contributed by atoms with Gasteiger partial charge in [-0.3, -0.25) is 4.79 Å². The summed E-state index contributed by atoms with van der Waals surface area (Å²) in [7, 11) is 0. The summed E-state index contributed by atoms with van der Waals surface area (Å²) in [6.45, 7) is 2.86. The van der Waals surface area contributed by atoms with Crippen molar-refractivity contribution in [1.29, 1.82) is 0 Å². The maximum atomic E-state index is 12.2. The summed E-state index contributed by atoms with van der Waals surface area (Å²) >= 11 is 0. The van der Waals surface area contributed by atoms with Crippen LogP contribution in [0.5, 0.6) is 0 Å². The van der Waals surface area contributed by atoms with Gasteiger partial charge in [-0.1, -0.05) is 18.2 Å². The Morgan fingerprint density at radius 2 is 1.93 bits per heavy atom. The zero-order chi connectivity index (χ0) is 20.4. The average molecular weight is 389 g/mol. The first kappa shape index (κ1) is 18.9. The summed E-state index contributed by atoms with van der Waals surface area (Å²) in [5.74, 6) is 0.189. The van der Waals surface area contributed by atoms with E-state index in [0.29, 0.717) is 24.4 Å². The minimum absolute atomic E-state index is 0.176. The minimum atomic E-state index is -0.372. The number of benzene rings is 2. The molecule has 29 heavy (non-hydrogen) atoms. The smallest absolute Gasteiger partial charge is 0.334 e. The molecule has 2 aliphatic heterocycles. The lowest BCUT2D eigenvalue weighted by atomic mass is 10.00. The molecule has 0 saturated carbocycles. The molecule has 0 atom stereocenters. The van der Waals surface area contributed by atoms with E-state index in [1.807, 2.05) is 47.4 Å². The molecule has 1 fully saturated rings. The van der Waals surface area contributed by atoms with Gasteiger partial charge in [0.2, 0.25) is 5.91 Å². The summed E-state index contributed by atoms with van der Waals surface area (Å²) in [6, 6.07) is 13.8. The number of nitrogens with two attached hydrogens (primary N) is 1. The second kappa shape index (κ2) is 7.91. The van der Waals surface area contributed by atoms with E-state index in [0.717, 1.165) is 41.0 Å². The standard InChI is InChI=1S/C23H23N3O3/c1-2-29-23(28)18-13-17-12-16(7-10-20(17)25-21(24)14-18)15-5-8-19(9-6-15)26-11-3-4-22(26)27/h5-10,12-13H,2-4,11,14H2,1H3,(H2,24,25). The molecule has 0 aromatic heterocycles. The highest BCUT2D eigenvalue weighted by molar-refractivity contribution is 6.03. The second-order valence-corrected chi connectivity index (χ2v) is 7.14. The number of fused-ring (bicyclic) bond motifs is 1. The van der Waals surface area contributed by atoms with Crippen LogP contribution in [0.2, 0.25) is 0 Å². The molecule has 2 aliphatic rings. The van der Waals surface area contributed by atoms with Crippen molar-refractivity contribution in [2.24, 2.45) is 10.7 Å². The molecule has 6 nitrogen and oxygen atoms in total. The zero-order valence-electron chi connectivity index (χ0n) is 16.4. The maximum Gasteiger partial charge on any atom is 0.334 e. The molecule has 0 spiro atoms. The third kappa shape index (κ3) is 3.92. The Bertz CT molecular complexity index is 1020. The van der Waals surface area contributed by atoms with Crippen molar-refractivity contribution < 1.29 is 14.3 Å². The van der Waals surface area contributed by atoms with Gasteiger partial charge in [0.25, 0.3) is 0 Å². The molecule has 148 valence electrons. The number of hydrogen-bond acceptors (Lipinski definition) is 5. The molecule has 1 amide bonds. The number of aliphatic imine (C=N–C) groups is 1. The van der Waals surface area contributed by atoms with Crippen molar-refractivity contribution in [3.8, 4) is 11.1 Å². The van der Waals surface area contributed by atoms with Crippen LogP contribution >= 0.6 is 0 Å². The van der Waals surface area contributed by atoms with Gasteiger partial charge in [-0.15, -0.1) is 0 Å². The molecule has 1 saturated heterocycles. The average Bonchev–Trinajstić information content (AvgIpc) is 3.06. The molecule has 0 unspecified atom stereocenters. The molecule has 2 heterocycles. The quantitative estimate of drug-likeness (QED) is 0.806. The predicted octanol–water partition coefficient (Wildman–Crippen LogP) is 3.82. The van der Waals surface area contributed by atoms with Crippen LogP contribution in [0.25, 0.3) is 17.2 Å². The fourth-order valence-electron chi connectivity index (χ4n) is 3.69. The zero-order valence-corrected chi connectivity index (χ0v) is 16.4. The topological polar surface area (TPSA) is 85.0 Å². The monoisotopic (exact) mass is 389 g/mol. The first-order valence-electron chi connectivity index (χ1n) is 9.80. The Morgan fingerprint density at radius 1 is 1.17 bits per heavy atom. The number of anilines is 1. The van der Waals surface area contributed by atoms with Crippen molar-refractivity contribution in [1.82, 2.24) is 0 Å². The van der Waals surface area contributed by atoms with E-state index < -0.39 is 0 Å². The summed E-state index contributed by atoms with van der Waals surface area (Å²) in [4.78, 5) is 30.4. The number of carbonyl (C=O) groups is 2. The Balaban J connectivity index is 1.66. The van der Waals surface area contributed by atoms with Gasteiger partial charge in [0.1, 0.15) is 5.84 Å². The number of hydrogen-bond donors (Lipinski definition) is 1. The van der Waals surface area contributed by atoms with E-state index in [1.165, 1.54) is 0 Å². The van der Waals surface area contributed by atoms with Gasteiger partial charge in [-0.05, 0) is 54.8 Å². The van der Waals surface area contributed by atoms with Gasteiger partial charge in [0.05, 0.1) is 12.3 Å². The lowest BCUT2D eigenvalue weighted by Crippen LogP contribution is -2.23. The van der Waals surface area contributed by atoms with Crippen LogP contribution in [0.1, 0.15) is 31.7 Å². The van der Waals surface area contributed by atoms with E-state index in [1.54, 1.807) is 13.0 Å². The number of rotatable bonds is 4. The van der Waals surface area contributed by atoms with Crippen LogP contribution in [-0.2, 0) is 14.3 Å². The Hall–Kier alpha value is -3.41.